The van der Waals surface area contributed by atoms with Crippen molar-refractivity contribution in [2.45, 2.75) is 11.7 Å². The molecule has 0 N–H and O–H groups in total. The summed E-state index contributed by atoms with van der Waals surface area (Å²) in [5.41, 5.74) is 0.553. The van der Waals surface area contributed by atoms with E-state index in [9.17, 15) is 18.0 Å². The lowest BCUT2D eigenvalue weighted by Gasteiger charge is -2.11. The molecule has 0 spiro atoms. The molecule has 3 nitrogen and oxygen atoms in total. The van der Waals surface area contributed by atoms with Gasteiger partial charge in [0.15, 0.2) is 0 Å². The van der Waals surface area contributed by atoms with E-state index in [2.05, 4.69) is 25.4 Å². The smallest absolute Gasteiger partial charge is 0.465 e. The van der Waals surface area contributed by atoms with Crippen LogP contribution in [0.2, 0.25) is 0 Å². The molecule has 0 aliphatic heterocycles. The second kappa shape index (κ2) is 5.39. The van der Waals surface area contributed by atoms with Crippen LogP contribution in [-0.2, 0) is 10.1 Å². The maximum absolute atomic E-state index is 12.0. The highest BCUT2D eigenvalue weighted by atomic mass is 79.9. The van der Waals surface area contributed by atoms with E-state index in [1.54, 1.807) is 0 Å². The summed E-state index contributed by atoms with van der Waals surface area (Å²) in [5.74, 6) is -1.17. The molecule has 0 heterocycles. The first-order valence-corrected chi connectivity index (χ1v) is 5.52. The lowest BCUT2D eigenvalue weighted by molar-refractivity contribution is -0.274. The van der Waals surface area contributed by atoms with Gasteiger partial charge in [-0.3, -0.25) is 0 Å². The lowest BCUT2D eigenvalue weighted by atomic mass is 10.1. The van der Waals surface area contributed by atoms with Gasteiger partial charge >= 0.3 is 12.3 Å². The molecule has 1 aromatic carbocycles. The number of carbonyl (C=O) groups is 1. The minimum atomic E-state index is -4.79. The Hall–Kier alpha value is -1.24. The molecular formula is C10H8BrF3O3. The van der Waals surface area contributed by atoms with Crippen molar-refractivity contribution >= 4 is 21.9 Å². The number of methoxy groups -OCH3 is 1. The zero-order chi connectivity index (χ0) is 13.1. The monoisotopic (exact) mass is 312 g/mol. The largest absolute Gasteiger partial charge is 0.573 e. The Morgan fingerprint density at radius 1 is 1.41 bits per heavy atom. The predicted molar refractivity (Wildman–Crippen MR) is 57.1 cm³/mol. The maximum atomic E-state index is 12.0. The van der Waals surface area contributed by atoms with E-state index in [1.165, 1.54) is 6.07 Å². The Morgan fingerprint density at radius 3 is 2.53 bits per heavy atom. The molecule has 94 valence electrons. The fourth-order valence-corrected chi connectivity index (χ4v) is 1.66. The fourth-order valence-electron chi connectivity index (χ4n) is 1.17. The molecule has 0 aliphatic carbocycles. The van der Waals surface area contributed by atoms with Gasteiger partial charge < -0.3 is 9.47 Å². The van der Waals surface area contributed by atoms with Gasteiger partial charge in [0.25, 0.3) is 0 Å². The molecule has 0 amide bonds. The summed E-state index contributed by atoms with van der Waals surface area (Å²) in [6.07, 6.45) is -4.79. The molecule has 1 rings (SSSR count). The van der Waals surface area contributed by atoms with Crippen molar-refractivity contribution in [3.63, 3.8) is 0 Å². The van der Waals surface area contributed by atoms with E-state index in [0.717, 1.165) is 19.2 Å². The summed E-state index contributed by atoms with van der Waals surface area (Å²) >= 11 is 3.12. The number of alkyl halides is 4. The van der Waals surface area contributed by atoms with Crippen LogP contribution in [0.4, 0.5) is 13.2 Å². The van der Waals surface area contributed by atoms with Crippen molar-refractivity contribution in [1.29, 1.82) is 0 Å². The van der Waals surface area contributed by atoms with E-state index in [-0.39, 0.29) is 5.56 Å². The first kappa shape index (κ1) is 13.8. The van der Waals surface area contributed by atoms with Crippen LogP contribution >= 0.6 is 15.9 Å². The summed E-state index contributed by atoms with van der Waals surface area (Å²) < 4.78 is 44.2. The van der Waals surface area contributed by atoms with Crippen LogP contribution in [0.15, 0.2) is 18.2 Å². The number of rotatable bonds is 3. The molecule has 1 aromatic rings. The van der Waals surface area contributed by atoms with E-state index in [4.69, 9.17) is 0 Å². The van der Waals surface area contributed by atoms with E-state index in [1.807, 2.05) is 0 Å². The van der Waals surface area contributed by atoms with Crippen molar-refractivity contribution in [2.75, 3.05) is 7.11 Å². The Morgan fingerprint density at radius 2 is 2.06 bits per heavy atom. The third-order valence-electron chi connectivity index (χ3n) is 1.86. The van der Waals surface area contributed by atoms with Gasteiger partial charge in [-0.25, -0.2) is 4.79 Å². The topological polar surface area (TPSA) is 35.5 Å². The summed E-state index contributed by atoms with van der Waals surface area (Å²) in [4.78, 5) is 11.3. The quantitative estimate of drug-likeness (QED) is 0.635. The van der Waals surface area contributed by atoms with Crippen LogP contribution in [0, 0.1) is 0 Å². The predicted octanol–water partition coefficient (Wildman–Crippen LogP) is 3.27. The normalized spacial score (nSPS) is 11.1. The number of hydrogen-bond acceptors (Lipinski definition) is 3. The number of carbonyl (C=O) groups excluding carboxylic acids is 1. The van der Waals surface area contributed by atoms with Crippen molar-refractivity contribution < 1.29 is 27.4 Å². The van der Waals surface area contributed by atoms with Crippen LogP contribution in [0.25, 0.3) is 0 Å². The molecule has 7 heteroatoms. The zero-order valence-corrected chi connectivity index (χ0v) is 10.3. The first-order chi connectivity index (χ1) is 7.87. The third kappa shape index (κ3) is 3.92. The average Bonchev–Trinajstić information content (AvgIpc) is 2.25. The highest BCUT2D eigenvalue weighted by molar-refractivity contribution is 9.08. The summed E-state index contributed by atoms with van der Waals surface area (Å²) in [6, 6.07) is 3.49. The second-order valence-corrected chi connectivity index (χ2v) is 3.55. The van der Waals surface area contributed by atoms with Crippen LogP contribution in [0.5, 0.6) is 5.75 Å². The molecule has 0 radical (unpaired) electrons. The van der Waals surface area contributed by atoms with Gasteiger partial charge in [-0.2, -0.15) is 0 Å². The van der Waals surface area contributed by atoms with E-state index in [0.29, 0.717) is 10.9 Å². The van der Waals surface area contributed by atoms with Crippen LogP contribution < -0.4 is 4.74 Å². The average molecular weight is 313 g/mol. The molecule has 17 heavy (non-hydrogen) atoms. The minimum Gasteiger partial charge on any atom is -0.465 e. The minimum absolute atomic E-state index is 0.0334. The van der Waals surface area contributed by atoms with Crippen molar-refractivity contribution in [3.05, 3.63) is 29.3 Å². The van der Waals surface area contributed by atoms with Crippen LogP contribution in [0.1, 0.15) is 15.9 Å². The number of hydrogen-bond donors (Lipinski definition) is 0. The highest BCUT2D eigenvalue weighted by Gasteiger charge is 2.31. The fraction of sp³-hybridized carbons (Fsp3) is 0.300. The van der Waals surface area contributed by atoms with Crippen LogP contribution in [0.3, 0.4) is 0 Å². The number of esters is 1. The molecule has 0 fully saturated rings. The van der Waals surface area contributed by atoms with Crippen molar-refractivity contribution in [2.24, 2.45) is 0 Å². The SMILES string of the molecule is COC(=O)c1cc(OC(F)(F)F)ccc1CBr. The van der Waals surface area contributed by atoms with Gasteiger partial charge in [0.05, 0.1) is 12.7 Å². The maximum Gasteiger partial charge on any atom is 0.573 e. The lowest BCUT2D eigenvalue weighted by Crippen LogP contribution is -2.17. The van der Waals surface area contributed by atoms with Gasteiger partial charge in [-0.05, 0) is 17.7 Å². The Kier molecular flexibility index (Phi) is 4.39. The molecule has 0 aliphatic rings. The molecule has 0 atom stereocenters. The molecule has 0 saturated carbocycles. The zero-order valence-electron chi connectivity index (χ0n) is 8.68. The molecule has 0 saturated heterocycles. The third-order valence-corrected chi connectivity index (χ3v) is 2.47. The van der Waals surface area contributed by atoms with Gasteiger partial charge in [-0.15, -0.1) is 13.2 Å². The molecule has 0 bridgehead atoms. The van der Waals surface area contributed by atoms with Gasteiger partial charge in [0.1, 0.15) is 5.75 Å². The highest BCUT2D eigenvalue weighted by Crippen LogP contribution is 2.26. The van der Waals surface area contributed by atoms with Gasteiger partial charge in [0, 0.05) is 5.33 Å². The van der Waals surface area contributed by atoms with Crippen molar-refractivity contribution in [3.8, 4) is 5.75 Å². The van der Waals surface area contributed by atoms with Crippen molar-refractivity contribution in [1.82, 2.24) is 0 Å². The van der Waals surface area contributed by atoms with Gasteiger partial charge in [-0.1, -0.05) is 22.0 Å². The molecule has 0 unspecified atom stereocenters. The number of ether oxygens (including phenoxy) is 2. The molecule has 0 aromatic heterocycles. The Bertz CT molecular complexity index is 418. The Balaban J connectivity index is 3.09. The summed E-state index contributed by atoms with van der Waals surface area (Å²) in [7, 11) is 1.15. The first-order valence-electron chi connectivity index (χ1n) is 4.40. The summed E-state index contributed by atoms with van der Waals surface area (Å²) in [5, 5.41) is 0.323. The van der Waals surface area contributed by atoms with Crippen LogP contribution in [-0.4, -0.2) is 19.4 Å². The second-order valence-electron chi connectivity index (χ2n) is 2.99. The molecular weight excluding hydrogens is 305 g/mol. The van der Waals surface area contributed by atoms with E-state index >= 15 is 0 Å². The Labute approximate surface area is 104 Å². The standard InChI is InChI=1S/C10H8BrF3O3/c1-16-9(15)8-4-7(17-10(12,13)14)3-2-6(8)5-11/h2-4H,5H2,1H3. The number of halogens is 4. The summed E-state index contributed by atoms with van der Waals surface area (Å²) in [6.45, 7) is 0. The van der Waals surface area contributed by atoms with E-state index < -0.39 is 18.1 Å². The number of benzene rings is 1. The van der Waals surface area contributed by atoms with Gasteiger partial charge in [0.2, 0.25) is 0 Å².